The summed E-state index contributed by atoms with van der Waals surface area (Å²) in [4.78, 5) is 27.8. The monoisotopic (exact) mass is 310 g/mol. The van der Waals surface area contributed by atoms with Crippen LogP contribution in [0.4, 0.5) is 5.69 Å². The van der Waals surface area contributed by atoms with Crippen LogP contribution in [0.2, 0.25) is 0 Å². The van der Waals surface area contributed by atoms with Crippen LogP contribution in [0.1, 0.15) is 44.8 Å². The molecular formula is C18H18N2O3. The maximum Gasteiger partial charge on any atom is 0.339 e. The number of nitrogens with zero attached hydrogens (tertiary/aromatic N) is 1. The highest BCUT2D eigenvalue weighted by molar-refractivity contribution is 6.03. The van der Waals surface area contributed by atoms with Crippen molar-refractivity contribution in [2.45, 2.75) is 25.7 Å². The van der Waals surface area contributed by atoms with Crippen molar-refractivity contribution in [2.24, 2.45) is 0 Å². The summed E-state index contributed by atoms with van der Waals surface area (Å²) in [6.07, 6.45) is 5.74. The molecule has 0 saturated heterocycles. The minimum atomic E-state index is -0.471. The van der Waals surface area contributed by atoms with E-state index >= 15 is 0 Å². The predicted molar refractivity (Wildman–Crippen MR) is 86.6 cm³/mol. The smallest absolute Gasteiger partial charge is 0.339 e. The highest BCUT2D eigenvalue weighted by Gasteiger charge is 2.16. The van der Waals surface area contributed by atoms with E-state index in [-0.39, 0.29) is 11.6 Å². The normalized spacial score (nSPS) is 13.1. The molecule has 2 aromatic rings. The van der Waals surface area contributed by atoms with Crippen LogP contribution in [-0.2, 0) is 17.6 Å². The Hall–Kier alpha value is -2.69. The van der Waals surface area contributed by atoms with E-state index in [0.29, 0.717) is 5.56 Å². The van der Waals surface area contributed by atoms with Crippen LogP contribution in [0.25, 0.3) is 0 Å². The lowest BCUT2D eigenvalue weighted by Gasteiger charge is -2.19. The molecule has 0 spiro atoms. The number of rotatable bonds is 3. The molecule has 1 aromatic carbocycles. The van der Waals surface area contributed by atoms with Crippen molar-refractivity contribution in [1.82, 2.24) is 4.98 Å². The summed E-state index contributed by atoms with van der Waals surface area (Å²) < 4.78 is 4.61. The topological polar surface area (TPSA) is 68.3 Å². The van der Waals surface area contributed by atoms with Gasteiger partial charge in [0.25, 0.3) is 5.91 Å². The first kappa shape index (κ1) is 15.2. The van der Waals surface area contributed by atoms with Crippen LogP contribution in [0.5, 0.6) is 0 Å². The Morgan fingerprint density at radius 3 is 2.70 bits per heavy atom. The number of carbonyl (C=O) groups excluding carboxylic acids is 2. The van der Waals surface area contributed by atoms with Crippen LogP contribution >= 0.6 is 0 Å². The number of hydrogen-bond acceptors (Lipinski definition) is 4. The molecule has 1 aliphatic carbocycles. The van der Waals surface area contributed by atoms with Crippen LogP contribution in [0, 0.1) is 0 Å². The van der Waals surface area contributed by atoms with E-state index in [1.807, 2.05) is 12.1 Å². The lowest BCUT2D eigenvalue weighted by Crippen LogP contribution is -2.17. The number of pyridine rings is 1. The Labute approximate surface area is 134 Å². The van der Waals surface area contributed by atoms with Crippen molar-refractivity contribution in [3.63, 3.8) is 0 Å². The van der Waals surface area contributed by atoms with Gasteiger partial charge in [0.2, 0.25) is 0 Å². The molecule has 1 aromatic heterocycles. The average molecular weight is 310 g/mol. The van der Waals surface area contributed by atoms with Gasteiger partial charge < -0.3 is 10.1 Å². The predicted octanol–water partition coefficient (Wildman–Crippen LogP) is 3.00. The number of methoxy groups -OCH3 is 1. The summed E-state index contributed by atoms with van der Waals surface area (Å²) in [6, 6.07) is 9.07. The molecule has 3 rings (SSSR count). The maximum atomic E-state index is 12.4. The lowest BCUT2D eigenvalue weighted by atomic mass is 9.90. The van der Waals surface area contributed by atoms with E-state index in [4.69, 9.17) is 0 Å². The van der Waals surface area contributed by atoms with Crippen molar-refractivity contribution in [2.75, 3.05) is 12.4 Å². The number of amides is 1. The molecule has 1 aliphatic rings. The fourth-order valence-corrected chi connectivity index (χ4v) is 2.85. The third kappa shape index (κ3) is 3.23. The summed E-state index contributed by atoms with van der Waals surface area (Å²) in [5.74, 6) is -0.748. The molecule has 0 saturated carbocycles. The number of fused-ring (bicyclic) bond motifs is 1. The molecule has 1 amide bonds. The summed E-state index contributed by atoms with van der Waals surface area (Å²) in [5.41, 5.74) is 3.97. The highest BCUT2D eigenvalue weighted by Crippen LogP contribution is 2.28. The second kappa shape index (κ2) is 6.60. The molecule has 0 aliphatic heterocycles. The van der Waals surface area contributed by atoms with E-state index in [9.17, 15) is 9.59 Å². The standard InChI is InChI=1S/C18H18N2O3/c1-23-18(22)13-9-10-16(19-11-13)17(21)20-15-8-4-6-12-5-2-3-7-14(12)15/h4,6,8-11H,2-3,5,7H2,1H3,(H,20,21). The van der Waals surface area contributed by atoms with Gasteiger partial charge in [-0.15, -0.1) is 0 Å². The van der Waals surface area contributed by atoms with E-state index in [2.05, 4.69) is 21.1 Å². The minimum absolute atomic E-state index is 0.270. The van der Waals surface area contributed by atoms with Gasteiger partial charge in [-0.1, -0.05) is 12.1 Å². The van der Waals surface area contributed by atoms with E-state index in [0.717, 1.165) is 24.9 Å². The number of ether oxygens (including phenoxy) is 1. The Bertz CT molecular complexity index is 738. The van der Waals surface area contributed by atoms with Crippen molar-refractivity contribution in [3.8, 4) is 0 Å². The molecule has 0 radical (unpaired) electrons. The molecule has 118 valence electrons. The van der Waals surface area contributed by atoms with E-state index < -0.39 is 5.97 Å². The maximum absolute atomic E-state index is 12.4. The van der Waals surface area contributed by atoms with Crippen LogP contribution < -0.4 is 5.32 Å². The fraction of sp³-hybridized carbons (Fsp3) is 0.278. The van der Waals surface area contributed by atoms with Gasteiger partial charge in [-0.25, -0.2) is 4.79 Å². The molecule has 0 atom stereocenters. The van der Waals surface area contributed by atoms with Gasteiger partial charge in [-0.3, -0.25) is 9.78 Å². The SMILES string of the molecule is COC(=O)c1ccc(C(=O)Nc2cccc3c2CCCC3)nc1. The largest absolute Gasteiger partial charge is 0.465 e. The zero-order valence-corrected chi connectivity index (χ0v) is 13.0. The number of aromatic nitrogens is 1. The van der Waals surface area contributed by atoms with Gasteiger partial charge in [0, 0.05) is 11.9 Å². The van der Waals surface area contributed by atoms with Crippen LogP contribution in [0.3, 0.4) is 0 Å². The quantitative estimate of drug-likeness (QED) is 0.885. The first-order valence-corrected chi connectivity index (χ1v) is 7.65. The molecular weight excluding hydrogens is 292 g/mol. The number of carbonyl (C=O) groups is 2. The van der Waals surface area contributed by atoms with Gasteiger partial charge >= 0.3 is 5.97 Å². The van der Waals surface area contributed by atoms with Gasteiger partial charge in [0.1, 0.15) is 5.69 Å². The van der Waals surface area contributed by atoms with Crippen molar-refractivity contribution < 1.29 is 14.3 Å². The zero-order chi connectivity index (χ0) is 16.2. The van der Waals surface area contributed by atoms with Gasteiger partial charge in [0.15, 0.2) is 0 Å². The third-order valence-corrected chi connectivity index (χ3v) is 4.06. The number of hydrogen-bond donors (Lipinski definition) is 1. The average Bonchev–Trinajstić information content (AvgIpc) is 2.61. The Morgan fingerprint density at radius 2 is 1.96 bits per heavy atom. The number of aryl methyl sites for hydroxylation is 1. The summed E-state index contributed by atoms with van der Waals surface area (Å²) in [7, 11) is 1.31. The minimum Gasteiger partial charge on any atom is -0.465 e. The molecule has 0 bridgehead atoms. The molecule has 1 heterocycles. The van der Waals surface area contributed by atoms with Crippen LogP contribution in [0.15, 0.2) is 36.5 Å². The Balaban J connectivity index is 1.78. The summed E-state index contributed by atoms with van der Waals surface area (Å²) >= 11 is 0. The van der Waals surface area contributed by atoms with Gasteiger partial charge in [-0.2, -0.15) is 0 Å². The first-order chi connectivity index (χ1) is 11.2. The summed E-state index contributed by atoms with van der Waals surface area (Å²) in [5, 5.41) is 2.93. The van der Waals surface area contributed by atoms with Crippen molar-refractivity contribution in [3.05, 3.63) is 58.9 Å². The van der Waals surface area contributed by atoms with Crippen molar-refractivity contribution >= 4 is 17.6 Å². The number of benzene rings is 1. The third-order valence-electron chi connectivity index (χ3n) is 4.06. The molecule has 5 heteroatoms. The molecule has 5 nitrogen and oxygen atoms in total. The molecule has 1 N–H and O–H groups in total. The summed E-state index contributed by atoms with van der Waals surface area (Å²) in [6.45, 7) is 0. The Morgan fingerprint density at radius 1 is 1.13 bits per heavy atom. The number of esters is 1. The number of anilines is 1. The zero-order valence-electron chi connectivity index (χ0n) is 13.0. The molecule has 23 heavy (non-hydrogen) atoms. The molecule has 0 unspecified atom stereocenters. The number of nitrogens with one attached hydrogen (secondary N) is 1. The lowest BCUT2D eigenvalue weighted by molar-refractivity contribution is 0.0600. The second-order valence-electron chi connectivity index (χ2n) is 5.53. The van der Waals surface area contributed by atoms with Crippen molar-refractivity contribution in [1.29, 1.82) is 0 Å². The van der Waals surface area contributed by atoms with Gasteiger partial charge in [-0.05, 0) is 55.0 Å². The van der Waals surface area contributed by atoms with Gasteiger partial charge in [0.05, 0.1) is 12.7 Å². The van der Waals surface area contributed by atoms with E-state index in [1.165, 1.54) is 43.0 Å². The first-order valence-electron chi connectivity index (χ1n) is 7.65. The molecule has 0 fully saturated rings. The van der Waals surface area contributed by atoms with E-state index in [1.54, 1.807) is 0 Å². The fourth-order valence-electron chi connectivity index (χ4n) is 2.85. The highest BCUT2D eigenvalue weighted by atomic mass is 16.5. The van der Waals surface area contributed by atoms with Crippen LogP contribution in [-0.4, -0.2) is 24.0 Å². The Kier molecular flexibility index (Phi) is 4.37. The second-order valence-corrected chi connectivity index (χ2v) is 5.53.